The number of carbonyl (C=O) groups is 1. The highest BCUT2D eigenvalue weighted by Gasteiger charge is 2.29. The Hall–Kier alpha value is -0.650. The third-order valence-electron chi connectivity index (χ3n) is 2.38. The Morgan fingerprint density at radius 2 is 2.42 bits per heavy atom. The molecule has 0 aromatic carbocycles. The molecule has 1 heterocycles. The maximum absolute atomic E-state index is 11.0. The van der Waals surface area contributed by atoms with E-state index in [1.165, 1.54) is 0 Å². The minimum atomic E-state index is -0.458. The lowest BCUT2D eigenvalue weighted by atomic mass is 9.99. The van der Waals surface area contributed by atoms with Gasteiger partial charge in [0.15, 0.2) is 0 Å². The number of likely N-dealkylation sites (tertiary alicyclic amines) is 1. The summed E-state index contributed by atoms with van der Waals surface area (Å²) in [5, 5.41) is 0. The van der Waals surface area contributed by atoms with Gasteiger partial charge in [0.1, 0.15) is 0 Å². The van der Waals surface area contributed by atoms with E-state index in [4.69, 9.17) is 11.6 Å². The molecule has 5 heteroatoms. The Morgan fingerprint density at radius 1 is 1.75 bits per heavy atom. The first kappa shape index (κ1) is 9.44. The second kappa shape index (κ2) is 3.84. The van der Waals surface area contributed by atoms with Crippen molar-refractivity contribution in [3.8, 4) is 0 Å². The predicted octanol–water partition coefficient (Wildman–Crippen LogP) is -1.74. The normalized spacial score (nSPS) is 27.1. The van der Waals surface area contributed by atoms with E-state index in [1.807, 2.05) is 7.05 Å². The smallest absolute Gasteiger partial charge is 0.251 e. The lowest BCUT2D eigenvalue weighted by Crippen LogP contribution is -2.48. The molecule has 0 aromatic heterocycles. The molecule has 0 spiro atoms. The van der Waals surface area contributed by atoms with Gasteiger partial charge in [-0.25, -0.2) is 5.84 Å². The summed E-state index contributed by atoms with van der Waals surface area (Å²) in [7, 11) is 2.02. The van der Waals surface area contributed by atoms with E-state index in [0.29, 0.717) is 0 Å². The molecule has 2 unspecified atom stereocenters. The van der Waals surface area contributed by atoms with Crippen molar-refractivity contribution in [3.63, 3.8) is 0 Å². The van der Waals surface area contributed by atoms with Gasteiger partial charge in [-0.15, -0.1) is 0 Å². The summed E-state index contributed by atoms with van der Waals surface area (Å²) in [5.74, 6) is 4.96. The number of rotatable bonds is 2. The standard InChI is InChI=1S/C7H16N4O/c1-11-3-2-5(4-11)6(8)7(12)10-9/h5-6H,2-4,8-9H2,1H3,(H,10,12). The van der Waals surface area contributed by atoms with Crippen LogP contribution in [0.2, 0.25) is 0 Å². The van der Waals surface area contributed by atoms with Gasteiger partial charge in [0.05, 0.1) is 6.04 Å². The van der Waals surface area contributed by atoms with E-state index in [-0.39, 0.29) is 11.8 Å². The molecular formula is C7H16N4O. The van der Waals surface area contributed by atoms with Crippen molar-refractivity contribution in [1.29, 1.82) is 0 Å². The Bertz CT molecular complexity index is 173. The molecule has 0 aromatic rings. The quantitative estimate of drug-likeness (QED) is 0.262. The minimum Gasteiger partial charge on any atom is -0.320 e. The molecule has 1 aliphatic rings. The number of nitrogens with one attached hydrogen (secondary N) is 1. The molecule has 0 aliphatic carbocycles. The van der Waals surface area contributed by atoms with E-state index >= 15 is 0 Å². The Morgan fingerprint density at radius 3 is 2.83 bits per heavy atom. The zero-order valence-electron chi connectivity index (χ0n) is 7.29. The molecule has 1 aliphatic heterocycles. The number of nitrogens with zero attached hydrogens (tertiary/aromatic N) is 1. The van der Waals surface area contributed by atoms with E-state index in [1.54, 1.807) is 0 Å². The van der Waals surface area contributed by atoms with Gasteiger partial charge in [0, 0.05) is 6.54 Å². The van der Waals surface area contributed by atoms with Crippen LogP contribution < -0.4 is 17.0 Å². The fourth-order valence-corrected chi connectivity index (χ4v) is 1.57. The molecule has 0 radical (unpaired) electrons. The van der Waals surface area contributed by atoms with Gasteiger partial charge in [-0.2, -0.15) is 0 Å². The van der Waals surface area contributed by atoms with E-state index in [0.717, 1.165) is 19.5 Å². The highest BCUT2D eigenvalue weighted by Crippen LogP contribution is 2.16. The van der Waals surface area contributed by atoms with Crippen LogP contribution in [0.1, 0.15) is 6.42 Å². The van der Waals surface area contributed by atoms with Gasteiger partial charge in [-0.05, 0) is 25.9 Å². The van der Waals surface area contributed by atoms with Gasteiger partial charge >= 0.3 is 0 Å². The Labute approximate surface area is 72.0 Å². The number of nitrogens with two attached hydrogens (primary N) is 2. The zero-order valence-corrected chi connectivity index (χ0v) is 7.29. The predicted molar refractivity (Wildman–Crippen MR) is 45.9 cm³/mol. The lowest BCUT2D eigenvalue weighted by molar-refractivity contribution is -0.123. The molecule has 5 N–H and O–H groups in total. The second-order valence-electron chi connectivity index (χ2n) is 3.35. The first-order valence-electron chi connectivity index (χ1n) is 4.09. The van der Waals surface area contributed by atoms with Gasteiger partial charge in [0.25, 0.3) is 5.91 Å². The van der Waals surface area contributed by atoms with Gasteiger partial charge in [-0.1, -0.05) is 0 Å². The first-order chi connectivity index (χ1) is 5.65. The van der Waals surface area contributed by atoms with Crippen LogP contribution in [0.15, 0.2) is 0 Å². The SMILES string of the molecule is CN1CCC(C(N)C(=O)NN)C1. The monoisotopic (exact) mass is 172 g/mol. The second-order valence-corrected chi connectivity index (χ2v) is 3.35. The zero-order chi connectivity index (χ0) is 9.14. The first-order valence-corrected chi connectivity index (χ1v) is 4.09. The summed E-state index contributed by atoms with van der Waals surface area (Å²) in [5.41, 5.74) is 7.75. The minimum absolute atomic E-state index is 0.249. The molecule has 1 amide bonds. The summed E-state index contributed by atoms with van der Waals surface area (Å²) < 4.78 is 0. The Kier molecular flexibility index (Phi) is 3.02. The van der Waals surface area contributed by atoms with Crippen LogP contribution >= 0.6 is 0 Å². The molecule has 1 saturated heterocycles. The third kappa shape index (κ3) is 1.94. The largest absolute Gasteiger partial charge is 0.320 e. The van der Waals surface area contributed by atoms with Crippen molar-refractivity contribution in [2.45, 2.75) is 12.5 Å². The van der Waals surface area contributed by atoms with Gasteiger partial charge < -0.3 is 10.6 Å². The van der Waals surface area contributed by atoms with Crippen LogP contribution in [0.25, 0.3) is 0 Å². The lowest BCUT2D eigenvalue weighted by Gasteiger charge is -2.16. The van der Waals surface area contributed by atoms with Gasteiger partial charge in [-0.3, -0.25) is 10.2 Å². The maximum Gasteiger partial charge on any atom is 0.251 e. The van der Waals surface area contributed by atoms with Crippen LogP contribution in [-0.4, -0.2) is 37.0 Å². The average Bonchev–Trinajstić information content (AvgIpc) is 2.49. The van der Waals surface area contributed by atoms with E-state index in [9.17, 15) is 4.79 Å². The summed E-state index contributed by atoms with van der Waals surface area (Å²) >= 11 is 0. The molecule has 1 rings (SSSR count). The van der Waals surface area contributed by atoms with Crippen LogP contribution in [-0.2, 0) is 4.79 Å². The fraction of sp³-hybridized carbons (Fsp3) is 0.857. The molecule has 0 bridgehead atoms. The molecule has 5 nitrogen and oxygen atoms in total. The fourth-order valence-electron chi connectivity index (χ4n) is 1.57. The van der Waals surface area contributed by atoms with Crippen molar-refractivity contribution in [2.24, 2.45) is 17.5 Å². The van der Waals surface area contributed by atoms with Crippen molar-refractivity contribution in [2.75, 3.05) is 20.1 Å². The van der Waals surface area contributed by atoms with Gasteiger partial charge in [0.2, 0.25) is 0 Å². The Balaban J connectivity index is 2.42. The summed E-state index contributed by atoms with van der Waals surface area (Å²) in [4.78, 5) is 13.2. The van der Waals surface area contributed by atoms with Crippen LogP contribution in [0.3, 0.4) is 0 Å². The number of hydrazine groups is 1. The number of amides is 1. The van der Waals surface area contributed by atoms with E-state index in [2.05, 4.69) is 10.3 Å². The van der Waals surface area contributed by atoms with Crippen LogP contribution in [0.4, 0.5) is 0 Å². The van der Waals surface area contributed by atoms with Crippen molar-refractivity contribution in [3.05, 3.63) is 0 Å². The average molecular weight is 172 g/mol. The third-order valence-corrected chi connectivity index (χ3v) is 2.38. The maximum atomic E-state index is 11.0. The van der Waals surface area contributed by atoms with Crippen LogP contribution in [0.5, 0.6) is 0 Å². The molecule has 1 fully saturated rings. The summed E-state index contributed by atoms with van der Waals surface area (Å²) in [6.45, 7) is 1.89. The van der Waals surface area contributed by atoms with E-state index < -0.39 is 6.04 Å². The molecular weight excluding hydrogens is 156 g/mol. The highest BCUT2D eigenvalue weighted by atomic mass is 16.2. The molecule has 0 saturated carbocycles. The molecule has 70 valence electrons. The van der Waals surface area contributed by atoms with Crippen molar-refractivity contribution >= 4 is 5.91 Å². The van der Waals surface area contributed by atoms with Crippen molar-refractivity contribution < 1.29 is 4.79 Å². The topological polar surface area (TPSA) is 84.4 Å². The molecule has 12 heavy (non-hydrogen) atoms. The number of carbonyl (C=O) groups excluding carboxylic acids is 1. The number of hydrogen-bond donors (Lipinski definition) is 3. The van der Waals surface area contributed by atoms with Crippen LogP contribution in [0, 0.1) is 5.92 Å². The van der Waals surface area contributed by atoms with Crippen molar-refractivity contribution in [1.82, 2.24) is 10.3 Å². The number of hydrogen-bond acceptors (Lipinski definition) is 4. The molecule has 2 atom stereocenters. The summed E-state index contributed by atoms with van der Waals surface area (Å²) in [6.07, 6.45) is 0.977. The summed E-state index contributed by atoms with van der Waals surface area (Å²) in [6, 6.07) is -0.458. The highest BCUT2D eigenvalue weighted by molar-refractivity contribution is 5.81.